The van der Waals surface area contributed by atoms with Crippen LogP contribution >= 0.6 is 0 Å². The molecular formula is C16H33N. The minimum Gasteiger partial charge on any atom is -0.314 e. The molecule has 1 saturated carbocycles. The molecule has 1 fully saturated rings. The highest BCUT2D eigenvalue weighted by Crippen LogP contribution is 2.41. The lowest BCUT2D eigenvalue weighted by Gasteiger charge is -2.24. The van der Waals surface area contributed by atoms with Gasteiger partial charge in [0.05, 0.1) is 0 Å². The summed E-state index contributed by atoms with van der Waals surface area (Å²) in [6.45, 7) is 10.6. The molecule has 17 heavy (non-hydrogen) atoms. The zero-order valence-corrected chi connectivity index (χ0v) is 12.5. The fraction of sp³-hybridized carbons (Fsp3) is 1.00. The lowest BCUT2D eigenvalue weighted by atomic mass is 9.84. The Hall–Kier alpha value is -0.0400. The Morgan fingerprint density at radius 2 is 1.94 bits per heavy atom. The third-order valence-electron chi connectivity index (χ3n) is 4.84. The van der Waals surface area contributed by atoms with Gasteiger partial charge in [-0.1, -0.05) is 46.5 Å². The molecule has 2 unspecified atom stereocenters. The largest absolute Gasteiger partial charge is 0.314 e. The molecule has 1 rings (SSSR count). The molecule has 0 bridgehead atoms. The smallest absolute Gasteiger partial charge is 0.00361 e. The van der Waals surface area contributed by atoms with Crippen LogP contribution in [0.5, 0.6) is 0 Å². The van der Waals surface area contributed by atoms with Crippen molar-refractivity contribution in [2.24, 2.45) is 17.8 Å². The SMILES string of the molecule is CCCCC1CCC(C)[C@@H]1CCN[C@@H](C)CC. The maximum Gasteiger partial charge on any atom is 0.00361 e. The Morgan fingerprint density at radius 1 is 1.18 bits per heavy atom. The van der Waals surface area contributed by atoms with E-state index in [-0.39, 0.29) is 0 Å². The summed E-state index contributed by atoms with van der Waals surface area (Å²) in [6.07, 6.45) is 9.90. The topological polar surface area (TPSA) is 12.0 Å². The van der Waals surface area contributed by atoms with Gasteiger partial charge < -0.3 is 5.32 Å². The van der Waals surface area contributed by atoms with Gasteiger partial charge in [-0.05, 0) is 50.5 Å². The molecule has 1 heteroatoms. The first-order chi connectivity index (χ1) is 8.19. The predicted molar refractivity (Wildman–Crippen MR) is 77.3 cm³/mol. The molecule has 0 aromatic carbocycles. The summed E-state index contributed by atoms with van der Waals surface area (Å²) in [5, 5.41) is 3.66. The zero-order valence-electron chi connectivity index (χ0n) is 12.5. The molecule has 0 heterocycles. The molecule has 0 aliphatic heterocycles. The average molecular weight is 239 g/mol. The van der Waals surface area contributed by atoms with E-state index < -0.39 is 0 Å². The molecule has 0 aromatic heterocycles. The summed E-state index contributed by atoms with van der Waals surface area (Å²) in [5.74, 6) is 3.00. The number of nitrogens with one attached hydrogen (secondary N) is 1. The van der Waals surface area contributed by atoms with Gasteiger partial charge in [-0.3, -0.25) is 0 Å². The van der Waals surface area contributed by atoms with Crippen LogP contribution in [0.1, 0.15) is 72.6 Å². The molecule has 0 amide bonds. The van der Waals surface area contributed by atoms with Crippen LogP contribution in [0.2, 0.25) is 0 Å². The summed E-state index contributed by atoms with van der Waals surface area (Å²) in [6, 6.07) is 0.695. The minimum atomic E-state index is 0.695. The first-order valence-electron chi connectivity index (χ1n) is 7.92. The highest BCUT2D eigenvalue weighted by atomic mass is 14.9. The Labute approximate surface area is 109 Å². The second-order valence-electron chi connectivity index (χ2n) is 6.17. The van der Waals surface area contributed by atoms with Crippen LogP contribution in [-0.2, 0) is 0 Å². The van der Waals surface area contributed by atoms with Crippen molar-refractivity contribution < 1.29 is 0 Å². The first kappa shape index (κ1) is 15.0. The van der Waals surface area contributed by atoms with Gasteiger partial charge in [-0.2, -0.15) is 0 Å². The van der Waals surface area contributed by atoms with Crippen LogP contribution in [0.4, 0.5) is 0 Å². The summed E-state index contributed by atoms with van der Waals surface area (Å²) in [5.41, 5.74) is 0. The van der Waals surface area contributed by atoms with Crippen molar-refractivity contribution in [2.75, 3.05) is 6.54 Å². The van der Waals surface area contributed by atoms with E-state index in [1.165, 1.54) is 51.5 Å². The highest BCUT2D eigenvalue weighted by Gasteiger charge is 2.32. The van der Waals surface area contributed by atoms with E-state index in [4.69, 9.17) is 0 Å². The highest BCUT2D eigenvalue weighted by molar-refractivity contribution is 4.83. The molecular weight excluding hydrogens is 206 g/mol. The van der Waals surface area contributed by atoms with Crippen molar-refractivity contribution in [1.82, 2.24) is 5.32 Å². The van der Waals surface area contributed by atoms with E-state index in [0.29, 0.717) is 6.04 Å². The Bertz CT molecular complexity index is 190. The minimum absolute atomic E-state index is 0.695. The molecule has 1 aliphatic rings. The summed E-state index contributed by atoms with van der Waals surface area (Å²) >= 11 is 0. The van der Waals surface area contributed by atoms with E-state index >= 15 is 0 Å². The third kappa shape index (κ3) is 4.99. The second kappa shape index (κ2) is 8.13. The summed E-state index contributed by atoms with van der Waals surface area (Å²) in [4.78, 5) is 0. The van der Waals surface area contributed by atoms with Crippen LogP contribution < -0.4 is 5.32 Å². The molecule has 0 radical (unpaired) electrons. The van der Waals surface area contributed by atoms with Gasteiger partial charge in [-0.15, -0.1) is 0 Å². The summed E-state index contributed by atoms with van der Waals surface area (Å²) in [7, 11) is 0. The van der Waals surface area contributed by atoms with E-state index in [2.05, 4.69) is 33.0 Å². The van der Waals surface area contributed by atoms with E-state index in [9.17, 15) is 0 Å². The molecule has 0 aromatic rings. The van der Waals surface area contributed by atoms with Gasteiger partial charge in [0, 0.05) is 6.04 Å². The lowest BCUT2D eigenvalue weighted by molar-refractivity contribution is 0.280. The van der Waals surface area contributed by atoms with Crippen LogP contribution in [0.25, 0.3) is 0 Å². The molecule has 0 spiro atoms. The van der Waals surface area contributed by atoms with Crippen molar-refractivity contribution in [2.45, 2.75) is 78.7 Å². The number of rotatable bonds is 8. The lowest BCUT2D eigenvalue weighted by Crippen LogP contribution is -2.29. The van der Waals surface area contributed by atoms with Crippen LogP contribution in [0.15, 0.2) is 0 Å². The van der Waals surface area contributed by atoms with Gasteiger partial charge in [0.25, 0.3) is 0 Å². The van der Waals surface area contributed by atoms with Crippen molar-refractivity contribution in [3.63, 3.8) is 0 Å². The summed E-state index contributed by atoms with van der Waals surface area (Å²) < 4.78 is 0. The third-order valence-corrected chi connectivity index (χ3v) is 4.84. The van der Waals surface area contributed by atoms with Gasteiger partial charge in [0.2, 0.25) is 0 Å². The Morgan fingerprint density at radius 3 is 2.59 bits per heavy atom. The van der Waals surface area contributed by atoms with Gasteiger partial charge in [0.1, 0.15) is 0 Å². The maximum atomic E-state index is 3.66. The maximum absolute atomic E-state index is 3.66. The Balaban J connectivity index is 2.27. The van der Waals surface area contributed by atoms with Crippen molar-refractivity contribution in [1.29, 1.82) is 0 Å². The molecule has 0 saturated heterocycles. The number of unbranched alkanes of at least 4 members (excludes halogenated alkanes) is 1. The Kier molecular flexibility index (Phi) is 7.18. The molecule has 1 N–H and O–H groups in total. The van der Waals surface area contributed by atoms with Crippen molar-refractivity contribution in [3.05, 3.63) is 0 Å². The monoisotopic (exact) mass is 239 g/mol. The fourth-order valence-corrected chi connectivity index (χ4v) is 3.36. The zero-order chi connectivity index (χ0) is 12.7. The van der Waals surface area contributed by atoms with Crippen molar-refractivity contribution >= 4 is 0 Å². The van der Waals surface area contributed by atoms with Crippen LogP contribution in [0.3, 0.4) is 0 Å². The predicted octanol–water partition coefficient (Wildman–Crippen LogP) is 4.62. The molecule has 4 atom stereocenters. The normalized spacial score (nSPS) is 30.7. The van der Waals surface area contributed by atoms with Crippen LogP contribution in [0, 0.1) is 17.8 Å². The standard InChI is InChI=1S/C16H33N/c1-5-7-8-15-10-9-13(3)16(15)11-12-17-14(4)6-2/h13-17H,5-12H2,1-4H3/t13?,14-,15?,16-/m0/s1. The molecule has 1 nitrogen and oxygen atoms in total. The van der Waals surface area contributed by atoms with Gasteiger partial charge >= 0.3 is 0 Å². The van der Waals surface area contributed by atoms with E-state index in [0.717, 1.165) is 17.8 Å². The molecule has 1 aliphatic carbocycles. The quantitative estimate of drug-likeness (QED) is 0.652. The first-order valence-corrected chi connectivity index (χ1v) is 7.92. The fourth-order valence-electron chi connectivity index (χ4n) is 3.36. The van der Waals surface area contributed by atoms with E-state index in [1.54, 1.807) is 0 Å². The number of hydrogen-bond donors (Lipinski definition) is 1. The molecule has 102 valence electrons. The van der Waals surface area contributed by atoms with E-state index in [1.807, 2.05) is 0 Å². The van der Waals surface area contributed by atoms with Gasteiger partial charge in [-0.25, -0.2) is 0 Å². The van der Waals surface area contributed by atoms with Crippen LogP contribution in [-0.4, -0.2) is 12.6 Å². The second-order valence-corrected chi connectivity index (χ2v) is 6.17. The van der Waals surface area contributed by atoms with Crippen molar-refractivity contribution in [3.8, 4) is 0 Å². The number of hydrogen-bond acceptors (Lipinski definition) is 1. The average Bonchev–Trinajstić information content (AvgIpc) is 2.68. The van der Waals surface area contributed by atoms with Gasteiger partial charge in [0.15, 0.2) is 0 Å².